The van der Waals surface area contributed by atoms with Crippen molar-refractivity contribution >= 4 is 17.7 Å². The standard InChI is InChI=1S/C5H7NOS/c7-5-1-3-8-4-2-6-5/h2-4H2,(H,6,7). The number of amides is 1. The highest BCUT2D eigenvalue weighted by molar-refractivity contribution is 7.99. The summed E-state index contributed by atoms with van der Waals surface area (Å²) < 4.78 is 0. The van der Waals surface area contributed by atoms with E-state index in [4.69, 9.17) is 0 Å². The molecule has 0 unspecified atom stereocenters. The van der Waals surface area contributed by atoms with Crippen LogP contribution in [0.4, 0.5) is 0 Å². The molecule has 0 saturated carbocycles. The molecule has 0 spiro atoms. The Morgan fingerprint density at radius 1 is 1.75 bits per heavy atom. The minimum Gasteiger partial charge on any atom is -0.355 e. The highest BCUT2D eigenvalue weighted by Crippen LogP contribution is 2.02. The van der Waals surface area contributed by atoms with Gasteiger partial charge in [-0.15, -0.1) is 0 Å². The Balaban J connectivity index is 2.27. The molecule has 0 aromatic rings. The van der Waals surface area contributed by atoms with Gasteiger partial charge in [0.05, 0.1) is 6.42 Å². The number of nitrogens with one attached hydrogen (secondary N) is 1. The quantitative estimate of drug-likeness (QED) is 0.496. The zero-order chi connectivity index (χ0) is 5.82. The van der Waals surface area contributed by atoms with Crippen LogP contribution in [0.5, 0.6) is 0 Å². The first-order valence-electron chi connectivity index (χ1n) is 2.49. The van der Waals surface area contributed by atoms with Gasteiger partial charge in [-0.3, -0.25) is 4.79 Å². The van der Waals surface area contributed by atoms with Gasteiger partial charge in [-0.05, 0) is 0 Å². The van der Waals surface area contributed by atoms with Gasteiger partial charge in [0.2, 0.25) is 5.91 Å². The van der Waals surface area contributed by atoms with Gasteiger partial charge in [0, 0.05) is 18.1 Å². The molecule has 0 aromatic carbocycles. The molecule has 1 heterocycles. The van der Waals surface area contributed by atoms with Gasteiger partial charge >= 0.3 is 0 Å². The minimum absolute atomic E-state index is 0.0463. The van der Waals surface area contributed by atoms with E-state index in [-0.39, 0.29) is 5.91 Å². The number of hydrogen-bond donors (Lipinski definition) is 1. The number of carbonyl (C=O) groups excluding carboxylic acids is 1. The molecule has 1 N–H and O–H groups in total. The fraction of sp³-hybridized carbons (Fsp3) is 0.600. The van der Waals surface area contributed by atoms with E-state index in [1.54, 1.807) is 11.8 Å². The lowest BCUT2D eigenvalue weighted by Gasteiger charge is -1.92. The molecule has 1 rings (SSSR count). The van der Waals surface area contributed by atoms with Gasteiger partial charge in [0.1, 0.15) is 0 Å². The summed E-state index contributed by atoms with van der Waals surface area (Å²) in [5.74, 6) is 1.71. The van der Waals surface area contributed by atoms with Crippen LogP contribution >= 0.6 is 11.8 Å². The molecule has 3 heteroatoms. The largest absolute Gasteiger partial charge is 0.355 e. The third-order valence-electron chi connectivity index (χ3n) is 0.867. The summed E-state index contributed by atoms with van der Waals surface area (Å²) in [5, 5.41) is 2.67. The van der Waals surface area contributed by atoms with Crippen LogP contribution < -0.4 is 5.32 Å². The van der Waals surface area contributed by atoms with Crippen LogP contribution in [0.15, 0.2) is 0 Å². The molecule has 0 aliphatic carbocycles. The van der Waals surface area contributed by atoms with E-state index in [9.17, 15) is 4.79 Å². The number of hydrogen-bond acceptors (Lipinski definition) is 2. The minimum atomic E-state index is -0.0463. The Kier molecular flexibility index (Phi) is 2.21. The van der Waals surface area contributed by atoms with Crippen molar-refractivity contribution in [1.29, 1.82) is 0 Å². The van der Waals surface area contributed by atoms with Crippen molar-refractivity contribution in [3.8, 4) is 0 Å². The lowest BCUT2D eigenvalue weighted by atomic mass is 10.4. The zero-order valence-corrected chi connectivity index (χ0v) is 5.25. The van der Waals surface area contributed by atoms with Crippen molar-refractivity contribution in [2.45, 2.75) is 0 Å². The lowest BCUT2D eigenvalue weighted by Crippen LogP contribution is -2.23. The number of thioether (sulfide) groups is 1. The molecule has 2 radical (unpaired) electrons. The van der Waals surface area contributed by atoms with Gasteiger partial charge in [-0.2, -0.15) is 11.8 Å². The molecule has 1 amide bonds. The number of rotatable bonds is 0. The van der Waals surface area contributed by atoms with Crippen LogP contribution in [0.1, 0.15) is 0 Å². The van der Waals surface area contributed by atoms with Gasteiger partial charge in [-0.1, -0.05) is 0 Å². The van der Waals surface area contributed by atoms with Gasteiger partial charge in [0.25, 0.3) is 0 Å². The van der Waals surface area contributed by atoms with Crippen molar-refractivity contribution in [2.75, 3.05) is 18.1 Å². The molecular formula is C5H7NOS. The van der Waals surface area contributed by atoms with Crippen molar-refractivity contribution in [3.05, 3.63) is 6.42 Å². The molecule has 0 atom stereocenters. The Morgan fingerprint density at radius 3 is 3.50 bits per heavy atom. The molecule has 1 aliphatic rings. The topological polar surface area (TPSA) is 29.1 Å². The second kappa shape index (κ2) is 2.97. The number of carbonyl (C=O) groups is 1. The Hall–Kier alpha value is -0.180. The van der Waals surface area contributed by atoms with Gasteiger partial charge in [-0.25, -0.2) is 0 Å². The summed E-state index contributed by atoms with van der Waals surface area (Å²) in [7, 11) is 0. The maximum absolute atomic E-state index is 10.4. The van der Waals surface area contributed by atoms with E-state index in [0.29, 0.717) is 0 Å². The average Bonchev–Trinajstić information content (AvgIpc) is 1.94. The lowest BCUT2D eigenvalue weighted by molar-refractivity contribution is -0.117. The maximum Gasteiger partial charge on any atom is 0.229 e. The molecule has 1 fully saturated rings. The first-order valence-corrected chi connectivity index (χ1v) is 3.64. The molecule has 1 saturated heterocycles. The van der Waals surface area contributed by atoms with Crippen molar-refractivity contribution < 1.29 is 4.79 Å². The summed E-state index contributed by atoms with van der Waals surface area (Å²) in [6.45, 7) is 0.788. The van der Waals surface area contributed by atoms with E-state index >= 15 is 0 Å². The van der Waals surface area contributed by atoms with Crippen LogP contribution in [0.3, 0.4) is 0 Å². The van der Waals surface area contributed by atoms with Crippen LogP contribution in [-0.2, 0) is 4.79 Å². The summed E-state index contributed by atoms with van der Waals surface area (Å²) in [6, 6.07) is 0. The summed E-state index contributed by atoms with van der Waals surface area (Å²) in [5.41, 5.74) is 0. The predicted octanol–water partition coefficient (Wildman–Crippen LogP) is -0.0693. The molecular weight excluding hydrogens is 122 g/mol. The molecule has 1 aliphatic heterocycles. The highest BCUT2D eigenvalue weighted by atomic mass is 32.2. The second-order valence-corrected chi connectivity index (χ2v) is 2.59. The predicted molar refractivity (Wildman–Crippen MR) is 33.6 cm³/mol. The van der Waals surface area contributed by atoms with Gasteiger partial charge < -0.3 is 5.32 Å². The van der Waals surface area contributed by atoms with E-state index in [1.165, 1.54) is 0 Å². The molecule has 8 heavy (non-hydrogen) atoms. The second-order valence-electron chi connectivity index (χ2n) is 1.49. The van der Waals surface area contributed by atoms with Gasteiger partial charge in [0.15, 0.2) is 0 Å². The summed E-state index contributed by atoms with van der Waals surface area (Å²) in [4.78, 5) is 10.4. The van der Waals surface area contributed by atoms with Crippen LogP contribution in [0.2, 0.25) is 0 Å². The Labute approximate surface area is 53.0 Å². The van der Waals surface area contributed by atoms with Crippen LogP contribution in [0, 0.1) is 6.42 Å². The monoisotopic (exact) mass is 129 g/mol. The molecule has 44 valence electrons. The molecule has 2 nitrogen and oxygen atoms in total. The summed E-state index contributed by atoms with van der Waals surface area (Å²) >= 11 is 1.73. The maximum atomic E-state index is 10.4. The van der Waals surface area contributed by atoms with E-state index < -0.39 is 0 Å². The fourth-order valence-corrected chi connectivity index (χ4v) is 1.11. The Bertz CT molecular complexity index is 84.4. The normalized spacial score (nSPS) is 21.8. The zero-order valence-electron chi connectivity index (χ0n) is 4.44. The van der Waals surface area contributed by atoms with E-state index in [0.717, 1.165) is 18.1 Å². The van der Waals surface area contributed by atoms with E-state index in [2.05, 4.69) is 11.7 Å². The first kappa shape index (κ1) is 5.95. The Morgan fingerprint density at radius 2 is 2.62 bits per heavy atom. The van der Waals surface area contributed by atoms with Crippen molar-refractivity contribution in [3.63, 3.8) is 0 Å². The first-order chi connectivity index (χ1) is 3.89. The van der Waals surface area contributed by atoms with Crippen LogP contribution in [0.25, 0.3) is 0 Å². The average molecular weight is 129 g/mol. The molecule has 0 bridgehead atoms. The smallest absolute Gasteiger partial charge is 0.229 e. The van der Waals surface area contributed by atoms with Crippen molar-refractivity contribution in [1.82, 2.24) is 5.32 Å². The van der Waals surface area contributed by atoms with E-state index in [1.807, 2.05) is 0 Å². The summed E-state index contributed by atoms with van der Waals surface area (Å²) in [6.07, 6.45) is 2.66. The fourth-order valence-electron chi connectivity index (χ4n) is 0.488. The van der Waals surface area contributed by atoms with Crippen molar-refractivity contribution in [2.24, 2.45) is 0 Å². The highest BCUT2D eigenvalue weighted by Gasteiger charge is 2.04. The molecule has 0 aromatic heterocycles. The third-order valence-corrected chi connectivity index (χ3v) is 1.71. The SMILES string of the molecule is O=C1[C]CSCCN1. The van der Waals surface area contributed by atoms with Crippen LogP contribution in [-0.4, -0.2) is 24.0 Å². The third kappa shape index (κ3) is 1.74.